The van der Waals surface area contributed by atoms with E-state index in [1.54, 1.807) is 0 Å². The fourth-order valence-electron chi connectivity index (χ4n) is 1.56. The Morgan fingerprint density at radius 2 is 1.91 bits per heavy atom. The van der Waals surface area contributed by atoms with Crippen LogP contribution in [0.4, 0.5) is 17.6 Å². The Balaban J connectivity index is 2.61. The van der Waals surface area contributed by atoms with Crippen molar-refractivity contribution in [2.75, 3.05) is 6.61 Å². The molecule has 1 aromatic carbocycles. The maximum atomic E-state index is 13.0. The van der Waals surface area contributed by atoms with Gasteiger partial charge in [-0.25, -0.2) is 8.78 Å². The van der Waals surface area contributed by atoms with Gasteiger partial charge in [-0.3, -0.25) is 9.59 Å². The fourth-order valence-corrected chi connectivity index (χ4v) is 1.56. The number of hydrogen-bond acceptors (Lipinski definition) is 3. The molecular weight excluding hydrogens is 308 g/mol. The van der Waals surface area contributed by atoms with Crippen LogP contribution >= 0.6 is 0 Å². The molecule has 1 unspecified atom stereocenters. The van der Waals surface area contributed by atoms with E-state index in [0.717, 1.165) is 19.1 Å². The third-order valence-electron chi connectivity index (χ3n) is 2.53. The van der Waals surface area contributed by atoms with Gasteiger partial charge < -0.3 is 15.4 Å². The molecule has 0 aromatic heterocycles. The van der Waals surface area contributed by atoms with Gasteiger partial charge in [-0.1, -0.05) is 6.07 Å². The largest absolute Gasteiger partial charge is 0.350 e. The van der Waals surface area contributed by atoms with Crippen molar-refractivity contribution >= 4 is 11.8 Å². The van der Waals surface area contributed by atoms with Crippen LogP contribution in [0.25, 0.3) is 0 Å². The first-order valence-corrected chi connectivity index (χ1v) is 6.18. The average Bonchev–Trinajstić information content (AvgIpc) is 2.43. The van der Waals surface area contributed by atoms with E-state index in [1.165, 1.54) is 6.07 Å². The van der Waals surface area contributed by atoms with Crippen molar-refractivity contribution in [2.45, 2.75) is 26.1 Å². The Labute approximate surface area is 123 Å². The summed E-state index contributed by atoms with van der Waals surface area (Å²) in [6.07, 6.45) is 0. The van der Waals surface area contributed by atoms with Crippen LogP contribution in [0, 0.1) is 11.6 Å². The minimum absolute atomic E-state index is 0.166. The second-order valence-electron chi connectivity index (χ2n) is 4.31. The minimum atomic E-state index is -3.09. The molecule has 9 heteroatoms. The van der Waals surface area contributed by atoms with Gasteiger partial charge in [0.2, 0.25) is 11.8 Å². The highest BCUT2D eigenvalue weighted by atomic mass is 19.3. The van der Waals surface area contributed by atoms with Crippen molar-refractivity contribution in [2.24, 2.45) is 0 Å². The zero-order chi connectivity index (χ0) is 16.7. The van der Waals surface area contributed by atoms with Gasteiger partial charge in [0.05, 0.1) is 6.61 Å². The van der Waals surface area contributed by atoms with Crippen LogP contribution in [-0.4, -0.2) is 31.1 Å². The van der Waals surface area contributed by atoms with Crippen molar-refractivity contribution in [3.63, 3.8) is 0 Å². The van der Waals surface area contributed by atoms with Crippen molar-refractivity contribution in [1.29, 1.82) is 0 Å². The van der Waals surface area contributed by atoms with Gasteiger partial charge in [0.25, 0.3) is 0 Å². The van der Waals surface area contributed by atoms with Crippen LogP contribution in [0.3, 0.4) is 0 Å². The number of ether oxygens (including phenoxy) is 1. The van der Waals surface area contributed by atoms with Gasteiger partial charge in [-0.05, 0) is 17.7 Å². The number of amides is 2. The summed E-state index contributed by atoms with van der Waals surface area (Å²) in [6.45, 7) is -2.87. The third kappa shape index (κ3) is 6.08. The highest BCUT2D eigenvalue weighted by Gasteiger charge is 2.21. The Kier molecular flexibility index (Phi) is 6.77. The average molecular weight is 322 g/mol. The first-order chi connectivity index (χ1) is 10.3. The molecule has 0 saturated heterocycles. The van der Waals surface area contributed by atoms with E-state index in [1.807, 2.05) is 0 Å². The second kappa shape index (κ2) is 8.32. The molecule has 0 heterocycles. The lowest BCUT2D eigenvalue weighted by atomic mass is 10.2. The Bertz CT molecular complexity index is 540. The summed E-state index contributed by atoms with van der Waals surface area (Å²) in [5.41, 5.74) is 0.267. The van der Waals surface area contributed by atoms with Gasteiger partial charge in [0, 0.05) is 13.5 Å². The molecule has 122 valence electrons. The first-order valence-electron chi connectivity index (χ1n) is 6.18. The molecule has 0 fully saturated rings. The Hall–Kier alpha value is -2.16. The van der Waals surface area contributed by atoms with Crippen LogP contribution in [0.1, 0.15) is 12.5 Å². The van der Waals surface area contributed by atoms with Gasteiger partial charge in [0.1, 0.15) is 6.04 Å². The number of benzene rings is 1. The number of halogens is 4. The molecule has 0 spiro atoms. The number of alkyl halides is 2. The van der Waals surface area contributed by atoms with Crippen LogP contribution in [-0.2, 0) is 20.9 Å². The smallest absolute Gasteiger partial charge is 0.345 e. The van der Waals surface area contributed by atoms with Crippen LogP contribution < -0.4 is 10.6 Å². The first kappa shape index (κ1) is 17.9. The van der Waals surface area contributed by atoms with E-state index in [-0.39, 0.29) is 12.1 Å². The maximum Gasteiger partial charge on any atom is 0.345 e. The lowest BCUT2D eigenvalue weighted by Crippen LogP contribution is -2.48. The maximum absolute atomic E-state index is 13.0. The SMILES string of the molecule is CC(=O)NC(COC(F)F)C(=O)NCc1ccc(F)c(F)c1. The molecule has 5 nitrogen and oxygen atoms in total. The van der Waals surface area contributed by atoms with Gasteiger partial charge in [-0.15, -0.1) is 0 Å². The summed E-state index contributed by atoms with van der Waals surface area (Å²) >= 11 is 0. The number of carbonyl (C=O) groups excluding carboxylic acids is 2. The van der Waals surface area contributed by atoms with Crippen molar-refractivity contribution in [3.05, 3.63) is 35.4 Å². The minimum Gasteiger partial charge on any atom is -0.350 e. The molecule has 0 aliphatic rings. The predicted octanol–water partition coefficient (Wildman–Crippen LogP) is 1.32. The van der Waals surface area contributed by atoms with Crippen molar-refractivity contribution in [3.8, 4) is 0 Å². The standard InChI is InChI=1S/C13H14F4N2O3/c1-7(20)19-11(6-22-13(16)17)12(21)18-5-8-2-3-9(14)10(15)4-8/h2-4,11,13H,5-6H2,1H3,(H,18,21)(H,19,20). The highest BCUT2D eigenvalue weighted by molar-refractivity contribution is 5.86. The molecular formula is C13H14F4N2O3. The van der Waals surface area contributed by atoms with E-state index in [2.05, 4.69) is 15.4 Å². The molecule has 2 amide bonds. The number of nitrogens with one attached hydrogen (secondary N) is 2. The molecule has 0 aliphatic heterocycles. The fraction of sp³-hybridized carbons (Fsp3) is 0.385. The summed E-state index contributed by atoms with van der Waals surface area (Å²) in [5, 5.41) is 4.46. The highest BCUT2D eigenvalue weighted by Crippen LogP contribution is 2.08. The second-order valence-corrected chi connectivity index (χ2v) is 4.31. The van der Waals surface area contributed by atoms with Crippen molar-refractivity contribution < 1.29 is 31.9 Å². The normalized spacial score (nSPS) is 12.1. The predicted molar refractivity (Wildman–Crippen MR) is 67.8 cm³/mol. The van der Waals surface area contributed by atoms with E-state index in [4.69, 9.17) is 0 Å². The number of hydrogen-bond donors (Lipinski definition) is 2. The van der Waals surface area contributed by atoms with E-state index < -0.39 is 42.7 Å². The summed E-state index contributed by atoms with van der Waals surface area (Å²) < 4.78 is 53.7. The summed E-state index contributed by atoms with van der Waals surface area (Å²) in [7, 11) is 0. The summed E-state index contributed by atoms with van der Waals surface area (Å²) in [5.74, 6) is -3.51. The van der Waals surface area contributed by atoms with Gasteiger partial charge >= 0.3 is 6.61 Å². The molecule has 1 aromatic rings. The van der Waals surface area contributed by atoms with E-state index >= 15 is 0 Å². The lowest BCUT2D eigenvalue weighted by Gasteiger charge is -2.17. The third-order valence-corrected chi connectivity index (χ3v) is 2.53. The summed E-state index contributed by atoms with van der Waals surface area (Å²) in [6, 6.07) is 1.71. The van der Waals surface area contributed by atoms with Crippen LogP contribution in [0.2, 0.25) is 0 Å². The molecule has 0 saturated carbocycles. The molecule has 0 aliphatic carbocycles. The molecule has 1 rings (SSSR count). The topological polar surface area (TPSA) is 67.4 Å². The Morgan fingerprint density at radius 1 is 1.23 bits per heavy atom. The van der Waals surface area contributed by atoms with E-state index in [0.29, 0.717) is 0 Å². The lowest BCUT2D eigenvalue weighted by molar-refractivity contribution is -0.146. The molecule has 1 atom stereocenters. The monoisotopic (exact) mass is 322 g/mol. The molecule has 0 bridgehead atoms. The number of rotatable bonds is 7. The number of carbonyl (C=O) groups is 2. The van der Waals surface area contributed by atoms with E-state index in [9.17, 15) is 27.2 Å². The quantitative estimate of drug-likeness (QED) is 0.744. The van der Waals surface area contributed by atoms with Crippen molar-refractivity contribution in [1.82, 2.24) is 10.6 Å². The Morgan fingerprint density at radius 3 is 2.45 bits per heavy atom. The van der Waals surface area contributed by atoms with Crippen LogP contribution in [0.5, 0.6) is 0 Å². The zero-order valence-electron chi connectivity index (χ0n) is 11.5. The summed E-state index contributed by atoms with van der Waals surface area (Å²) in [4.78, 5) is 22.7. The van der Waals surface area contributed by atoms with Crippen LogP contribution in [0.15, 0.2) is 18.2 Å². The van der Waals surface area contributed by atoms with Gasteiger partial charge in [0.15, 0.2) is 11.6 Å². The zero-order valence-corrected chi connectivity index (χ0v) is 11.5. The molecule has 22 heavy (non-hydrogen) atoms. The molecule has 2 N–H and O–H groups in total. The van der Waals surface area contributed by atoms with Gasteiger partial charge in [-0.2, -0.15) is 8.78 Å². The molecule has 0 radical (unpaired) electrons.